The highest BCUT2D eigenvalue weighted by molar-refractivity contribution is 7.19. The van der Waals surface area contributed by atoms with Crippen molar-refractivity contribution in [2.45, 2.75) is 19.3 Å². The van der Waals surface area contributed by atoms with Gasteiger partial charge in [0.25, 0.3) is 0 Å². The molecule has 1 aliphatic heterocycles. The van der Waals surface area contributed by atoms with Crippen molar-refractivity contribution in [3.05, 3.63) is 57.8 Å². The molecular formula is C16H15ClFNS. The van der Waals surface area contributed by atoms with Crippen molar-refractivity contribution in [3.8, 4) is 0 Å². The first-order valence-corrected chi connectivity index (χ1v) is 7.91. The minimum atomic E-state index is -0.197. The van der Waals surface area contributed by atoms with Gasteiger partial charge in [-0.25, -0.2) is 4.39 Å². The van der Waals surface area contributed by atoms with E-state index in [1.807, 2.05) is 18.2 Å². The van der Waals surface area contributed by atoms with E-state index in [0.717, 1.165) is 22.9 Å². The number of allylic oxidation sites excluding steroid dienone is 1. The van der Waals surface area contributed by atoms with Gasteiger partial charge in [-0.1, -0.05) is 23.7 Å². The fourth-order valence-electron chi connectivity index (χ4n) is 2.46. The van der Waals surface area contributed by atoms with Crippen LogP contribution in [0.5, 0.6) is 0 Å². The summed E-state index contributed by atoms with van der Waals surface area (Å²) in [5, 5.41) is 1.18. The molecule has 20 heavy (non-hydrogen) atoms. The molecule has 0 amide bonds. The Morgan fingerprint density at radius 2 is 1.90 bits per heavy atom. The van der Waals surface area contributed by atoms with Crippen LogP contribution in [0.2, 0.25) is 4.34 Å². The smallest absolute Gasteiger partial charge is 0.123 e. The van der Waals surface area contributed by atoms with E-state index in [2.05, 4.69) is 17.0 Å². The van der Waals surface area contributed by atoms with Gasteiger partial charge in [-0.05, 0) is 55.2 Å². The van der Waals surface area contributed by atoms with Crippen LogP contribution >= 0.6 is 22.9 Å². The zero-order valence-corrected chi connectivity index (χ0v) is 12.6. The highest BCUT2D eigenvalue weighted by Crippen LogP contribution is 2.35. The fraction of sp³-hybridized carbons (Fsp3) is 0.250. The van der Waals surface area contributed by atoms with Gasteiger partial charge in [-0.15, -0.1) is 11.3 Å². The second-order valence-electron chi connectivity index (χ2n) is 4.87. The van der Waals surface area contributed by atoms with E-state index in [9.17, 15) is 4.39 Å². The maximum absolute atomic E-state index is 13.0. The van der Waals surface area contributed by atoms with E-state index >= 15 is 0 Å². The van der Waals surface area contributed by atoms with E-state index < -0.39 is 0 Å². The van der Waals surface area contributed by atoms with E-state index in [4.69, 9.17) is 11.6 Å². The zero-order valence-electron chi connectivity index (χ0n) is 11.0. The molecule has 4 heteroatoms. The summed E-state index contributed by atoms with van der Waals surface area (Å²) in [6, 6.07) is 10.6. The van der Waals surface area contributed by atoms with Crippen LogP contribution in [0.15, 0.2) is 42.1 Å². The molecule has 1 aromatic heterocycles. The third kappa shape index (κ3) is 3.05. The largest absolute Gasteiger partial charge is 0.337 e. The molecule has 0 N–H and O–H groups in total. The van der Waals surface area contributed by atoms with Crippen LogP contribution in [0, 0.1) is 5.82 Å². The molecule has 0 radical (unpaired) electrons. The second kappa shape index (κ2) is 5.98. The molecule has 0 unspecified atom stereocenters. The summed E-state index contributed by atoms with van der Waals surface area (Å²) in [6.45, 7) is 1.02. The molecule has 1 fully saturated rings. The Labute approximate surface area is 127 Å². The van der Waals surface area contributed by atoms with Crippen LogP contribution in [0.1, 0.15) is 24.8 Å². The second-order valence-corrected chi connectivity index (χ2v) is 6.57. The molecule has 1 aromatic carbocycles. The summed E-state index contributed by atoms with van der Waals surface area (Å²) in [6.07, 6.45) is 5.58. The third-order valence-electron chi connectivity index (χ3n) is 3.44. The van der Waals surface area contributed by atoms with Crippen LogP contribution in [0.4, 0.5) is 9.39 Å². The lowest BCUT2D eigenvalue weighted by Crippen LogP contribution is -2.26. The maximum Gasteiger partial charge on any atom is 0.123 e. The molecule has 2 heterocycles. The fourth-order valence-corrected chi connectivity index (χ4v) is 3.55. The number of rotatable bonds is 2. The molecule has 1 saturated heterocycles. The third-order valence-corrected chi connectivity index (χ3v) is 4.69. The number of hydrogen-bond acceptors (Lipinski definition) is 2. The number of anilines is 1. The quantitative estimate of drug-likeness (QED) is 0.701. The van der Waals surface area contributed by atoms with E-state index in [-0.39, 0.29) is 5.82 Å². The van der Waals surface area contributed by atoms with Gasteiger partial charge in [0.15, 0.2) is 0 Å². The number of piperidine rings is 1. The monoisotopic (exact) mass is 307 g/mol. The van der Waals surface area contributed by atoms with Crippen molar-refractivity contribution >= 4 is 34.0 Å². The highest BCUT2D eigenvalue weighted by Gasteiger charge is 2.18. The van der Waals surface area contributed by atoms with Crippen molar-refractivity contribution in [3.63, 3.8) is 0 Å². The molecule has 2 aromatic rings. The summed E-state index contributed by atoms with van der Waals surface area (Å²) in [7, 11) is 0. The van der Waals surface area contributed by atoms with Gasteiger partial charge < -0.3 is 4.90 Å². The van der Waals surface area contributed by atoms with E-state index in [0.29, 0.717) is 0 Å². The van der Waals surface area contributed by atoms with Crippen LogP contribution < -0.4 is 4.90 Å². The minimum absolute atomic E-state index is 0.197. The zero-order chi connectivity index (χ0) is 13.9. The Morgan fingerprint density at radius 1 is 1.10 bits per heavy atom. The Bertz CT molecular complexity index is 618. The SMILES string of the molecule is Fc1ccc(C=C2CCCCN2c2ccc(Cl)s2)cc1. The van der Waals surface area contributed by atoms with Gasteiger partial charge in [-0.3, -0.25) is 0 Å². The van der Waals surface area contributed by atoms with Gasteiger partial charge in [-0.2, -0.15) is 0 Å². The average Bonchev–Trinajstić information content (AvgIpc) is 2.88. The van der Waals surface area contributed by atoms with Crippen LogP contribution in [0.3, 0.4) is 0 Å². The summed E-state index contributed by atoms with van der Waals surface area (Å²) >= 11 is 7.64. The van der Waals surface area contributed by atoms with Crippen molar-refractivity contribution in [1.29, 1.82) is 0 Å². The molecule has 1 aliphatic rings. The average molecular weight is 308 g/mol. The van der Waals surface area contributed by atoms with Crippen LogP contribution in [0.25, 0.3) is 6.08 Å². The Morgan fingerprint density at radius 3 is 2.60 bits per heavy atom. The summed E-state index contributed by atoms with van der Waals surface area (Å²) < 4.78 is 13.8. The predicted octanol–water partition coefficient (Wildman–Crippen LogP) is 5.57. The number of hydrogen-bond donors (Lipinski definition) is 0. The lowest BCUT2D eigenvalue weighted by Gasteiger charge is -2.30. The molecule has 1 nitrogen and oxygen atoms in total. The van der Waals surface area contributed by atoms with Crippen LogP contribution in [-0.2, 0) is 0 Å². The number of nitrogens with zero attached hydrogens (tertiary/aromatic N) is 1. The first kappa shape index (κ1) is 13.7. The lowest BCUT2D eigenvalue weighted by atomic mass is 10.0. The molecule has 0 spiro atoms. The standard InChI is InChI=1S/C16H15ClFNS/c17-15-8-9-16(20-15)19-10-2-1-3-14(19)11-12-4-6-13(18)7-5-12/h4-9,11H,1-3,10H2. The number of halogens is 2. The summed E-state index contributed by atoms with van der Waals surface area (Å²) in [5.74, 6) is -0.197. The van der Waals surface area contributed by atoms with Gasteiger partial charge in [0.05, 0.1) is 9.34 Å². The van der Waals surface area contributed by atoms with Crippen molar-refractivity contribution in [1.82, 2.24) is 0 Å². The topological polar surface area (TPSA) is 3.24 Å². The Kier molecular flexibility index (Phi) is 4.08. The summed E-state index contributed by atoms with van der Waals surface area (Å²) in [4.78, 5) is 2.32. The molecule has 0 atom stereocenters. The first-order chi connectivity index (χ1) is 9.72. The predicted molar refractivity (Wildman–Crippen MR) is 84.9 cm³/mol. The number of thiophene rings is 1. The van der Waals surface area contributed by atoms with Gasteiger partial charge in [0, 0.05) is 12.2 Å². The number of benzene rings is 1. The van der Waals surface area contributed by atoms with Crippen LogP contribution in [-0.4, -0.2) is 6.54 Å². The summed E-state index contributed by atoms with van der Waals surface area (Å²) in [5.41, 5.74) is 2.32. The first-order valence-electron chi connectivity index (χ1n) is 6.71. The molecule has 0 saturated carbocycles. The van der Waals surface area contributed by atoms with E-state index in [1.54, 1.807) is 11.3 Å². The highest BCUT2D eigenvalue weighted by atomic mass is 35.5. The minimum Gasteiger partial charge on any atom is -0.337 e. The van der Waals surface area contributed by atoms with Gasteiger partial charge >= 0.3 is 0 Å². The Balaban J connectivity index is 1.90. The molecule has 0 aliphatic carbocycles. The Hall–Kier alpha value is -1.32. The molecule has 104 valence electrons. The van der Waals surface area contributed by atoms with Crippen molar-refractivity contribution in [2.75, 3.05) is 11.4 Å². The van der Waals surface area contributed by atoms with E-state index in [1.165, 1.54) is 35.7 Å². The molecule has 0 bridgehead atoms. The molecular weight excluding hydrogens is 293 g/mol. The molecule has 3 rings (SSSR count). The van der Waals surface area contributed by atoms with Gasteiger partial charge in [0.1, 0.15) is 5.82 Å². The van der Waals surface area contributed by atoms with Crippen molar-refractivity contribution < 1.29 is 4.39 Å². The lowest BCUT2D eigenvalue weighted by molar-refractivity contribution is 0.627. The van der Waals surface area contributed by atoms with Gasteiger partial charge in [0.2, 0.25) is 0 Å². The van der Waals surface area contributed by atoms with Crippen molar-refractivity contribution in [2.24, 2.45) is 0 Å². The maximum atomic E-state index is 13.0. The normalized spacial score (nSPS) is 17.7.